The maximum absolute atomic E-state index is 12.0. The van der Waals surface area contributed by atoms with Crippen molar-refractivity contribution in [3.63, 3.8) is 0 Å². The molecular weight excluding hydrogens is 511 g/mol. The van der Waals surface area contributed by atoms with E-state index in [-0.39, 0.29) is 47.9 Å². The fourth-order valence-electron chi connectivity index (χ4n) is 3.31. The molecule has 1 aliphatic carbocycles. The minimum Gasteiger partial charge on any atom is -0.355 e. The van der Waals surface area contributed by atoms with E-state index in [4.69, 9.17) is 11.6 Å². The van der Waals surface area contributed by atoms with Crippen LogP contribution in [0.4, 0.5) is 0 Å². The first-order chi connectivity index (χ1) is 13.9. The Bertz CT molecular complexity index is 869. The summed E-state index contributed by atoms with van der Waals surface area (Å²) >= 11 is 6.44. The normalized spacial score (nSPS) is 15.5. The number of guanidine groups is 1. The third-order valence-electron chi connectivity index (χ3n) is 5.42. The highest BCUT2D eigenvalue weighted by Crippen LogP contribution is 2.49. The van der Waals surface area contributed by atoms with Gasteiger partial charge in [-0.1, -0.05) is 60.1 Å². The molecule has 0 spiro atoms. The number of rotatable bonds is 7. The largest absolute Gasteiger partial charge is 0.355 e. The van der Waals surface area contributed by atoms with Crippen LogP contribution in [0.15, 0.2) is 59.6 Å². The lowest BCUT2D eigenvalue weighted by molar-refractivity contribution is -0.127. The summed E-state index contributed by atoms with van der Waals surface area (Å²) in [5.74, 6) is 0.598. The van der Waals surface area contributed by atoms with Crippen LogP contribution in [0.25, 0.3) is 0 Å². The fraction of sp³-hybridized carbons (Fsp3) is 0.391. The molecule has 0 heterocycles. The van der Waals surface area contributed by atoms with Crippen LogP contribution < -0.4 is 10.6 Å². The molecule has 2 N–H and O–H groups in total. The van der Waals surface area contributed by atoms with Gasteiger partial charge in [-0.15, -0.1) is 24.0 Å². The molecule has 2 aromatic carbocycles. The second-order valence-electron chi connectivity index (χ2n) is 7.84. The Morgan fingerprint density at radius 3 is 2.37 bits per heavy atom. The lowest BCUT2D eigenvalue weighted by Crippen LogP contribution is -2.43. The Labute approximate surface area is 201 Å². The molecule has 0 aromatic heterocycles. The number of nitrogens with zero attached hydrogens (tertiary/aromatic N) is 2. The van der Waals surface area contributed by atoms with Crippen molar-refractivity contribution in [2.75, 3.05) is 27.2 Å². The molecule has 1 atom stereocenters. The van der Waals surface area contributed by atoms with Crippen LogP contribution in [0.3, 0.4) is 0 Å². The summed E-state index contributed by atoms with van der Waals surface area (Å²) in [6, 6.07) is 18.3. The molecule has 0 bridgehead atoms. The summed E-state index contributed by atoms with van der Waals surface area (Å²) in [6.07, 6.45) is 2.17. The molecule has 1 unspecified atom stereocenters. The molecule has 162 valence electrons. The first-order valence-corrected chi connectivity index (χ1v) is 10.3. The van der Waals surface area contributed by atoms with E-state index in [0.29, 0.717) is 5.96 Å². The van der Waals surface area contributed by atoms with E-state index in [1.807, 2.05) is 36.4 Å². The minimum absolute atomic E-state index is 0. The molecule has 0 radical (unpaired) electrons. The van der Waals surface area contributed by atoms with E-state index in [1.54, 1.807) is 19.0 Å². The van der Waals surface area contributed by atoms with Gasteiger partial charge in [0.15, 0.2) is 5.96 Å². The number of halogens is 2. The van der Waals surface area contributed by atoms with Crippen LogP contribution in [0.5, 0.6) is 0 Å². The standard InChI is InChI=1S/C23H29ClN4O.HI/c1-17(18-9-5-4-6-10-18)27-22(25-15-21(29)28(2)3)26-16-23(13-14-23)19-11-7-8-12-20(19)24;/h4-12,17H,13-16H2,1-3H3,(H2,25,26,27);1H. The second kappa shape index (κ2) is 11.0. The van der Waals surface area contributed by atoms with E-state index >= 15 is 0 Å². The number of hydrogen-bond donors (Lipinski definition) is 2. The van der Waals surface area contributed by atoms with E-state index in [2.05, 4.69) is 40.7 Å². The van der Waals surface area contributed by atoms with Gasteiger partial charge in [0.25, 0.3) is 0 Å². The number of likely N-dealkylation sites (N-methyl/N-ethyl adjacent to an activating group) is 1. The van der Waals surface area contributed by atoms with Crippen molar-refractivity contribution in [2.24, 2.45) is 4.99 Å². The predicted molar refractivity (Wildman–Crippen MR) is 135 cm³/mol. The molecule has 3 rings (SSSR count). The number of nitrogens with one attached hydrogen (secondary N) is 2. The van der Waals surface area contributed by atoms with Crippen molar-refractivity contribution >= 4 is 47.4 Å². The summed E-state index contributed by atoms with van der Waals surface area (Å²) in [7, 11) is 3.48. The average Bonchev–Trinajstić information content (AvgIpc) is 3.51. The third-order valence-corrected chi connectivity index (χ3v) is 5.75. The maximum atomic E-state index is 12.0. The van der Waals surface area contributed by atoms with Gasteiger partial charge in [0.05, 0.1) is 6.04 Å². The molecule has 7 heteroatoms. The minimum atomic E-state index is -0.0364. The lowest BCUT2D eigenvalue weighted by atomic mass is 9.96. The molecule has 2 aromatic rings. The highest BCUT2D eigenvalue weighted by Gasteiger charge is 2.45. The molecule has 1 amide bonds. The zero-order chi connectivity index (χ0) is 20.9. The van der Waals surface area contributed by atoms with Gasteiger partial charge in [-0.05, 0) is 37.0 Å². The van der Waals surface area contributed by atoms with Crippen LogP contribution in [0.1, 0.15) is 36.9 Å². The molecule has 1 saturated carbocycles. The zero-order valence-corrected chi connectivity index (χ0v) is 20.8. The van der Waals surface area contributed by atoms with Crippen LogP contribution in [0, 0.1) is 0 Å². The SMILES string of the molecule is CC(NC(=NCC(=O)N(C)C)NCC1(c2ccccc2Cl)CC1)c1ccccc1.I. The Morgan fingerprint density at radius 2 is 1.77 bits per heavy atom. The average molecular weight is 541 g/mol. The Balaban J connectivity index is 0.00000320. The Morgan fingerprint density at radius 1 is 1.13 bits per heavy atom. The summed E-state index contributed by atoms with van der Waals surface area (Å²) < 4.78 is 0. The van der Waals surface area contributed by atoms with Gasteiger partial charge < -0.3 is 15.5 Å². The number of aliphatic imine (C=N–C) groups is 1. The molecule has 1 fully saturated rings. The van der Waals surface area contributed by atoms with Gasteiger partial charge in [-0.2, -0.15) is 0 Å². The third kappa shape index (κ3) is 6.35. The lowest BCUT2D eigenvalue weighted by Gasteiger charge is -2.23. The van der Waals surface area contributed by atoms with Gasteiger partial charge in [0, 0.05) is 31.1 Å². The Hall–Kier alpha value is -1.80. The van der Waals surface area contributed by atoms with Crippen LogP contribution in [-0.2, 0) is 10.2 Å². The topological polar surface area (TPSA) is 56.7 Å². The monoisotopic (exact) mass is 540 g/mol. The molecule has 30 heavy (non-hydrogen) atoms. The first kappa shape index (κ1) is 24.5. The van der Waals surface area contributed by atoms with Crippen LogP contribution in [0.2, 0.25) is 5.02 Å². The number of carbonyl (C=O) groups excluding carboxylic acids is 1. The predicted octanol–water partition coefficient (Wildman–Crippen LogP) is 4.37. The van der Waals surface area contributed by atoms with Gasteiger partial charge in [-0.25, -0.2) is 4.99 Å². The number of amides is 1. The number of carbonyl (C=O) groups is 1. The van der Waals surface area contributed by atoms with Crippen LogP contribution >= 0.6 is 35.6 Å². The van der Waals surface area contributed by atoms with E-state index in [1.165, 1.54) is 5.56 Å². The van der Waals surface area contributed by atoms with Gasteiger partial charge in [-0.3, -0.25) is 4.79 Å². The Kier molecular flexibility index (Phi) is 8.97. The van der Waals surface area contributed by atoms with Crippen molar-refractivity contribution in [2.45, 2.75) is 31.2 Å². The highest BCUT2D eigenvalue weighted by molar-refractivity contribution is 14.0. The van der Waals surface area contributed by atoms with Crippen molar-refractivity contribution in [1.82, 2.24) is 15.5 Å². The van der Waals surface area contributed by atoms with E-state index in [9.17, 15) is 4.79 Å². The number of hydrogen-bond acceptors (Lipinski definition) is 2. The molecule has 1 aliphatic rings. The van der Waals surface area contributed by atoms with E-state index in [0.717, 1.165) is 30.0 Å². The summed E-state index contributed by atoms with van der Waals surface area (Å²) in [5.41, 5.74) is 2.37. The van der Waals surface area contributed by atoms with Crippen molar-refractivity contribution in [1.29, 1.82) is 0 Å². The highest BCUT2D eigenvalue weighted by atomic mass is 127. The van der Waals surface area contributed by atoms with Gasteiger partial charge >= 0.3 is 0 Å². The summed E-state index contributed by atoms with van der Waals surface area (Å²) in [5, 5.41) is 7.69. The quantitative estimate of drug-likeness (QED) is 0.311. The molecular formula is C23H30ClIN4O. The summed E-state index contributed by atoms with van der Waals surface area (Å²) in [4.78, 5) is 18.1. The van der Waals surface area contributed by atoms with E-state index < -0.39 is 0 Å². The zero-order valence-electron chi connectivity index (χ0n) is 17.7. The van der Waals surface area contributed by atoms with Gasteiger partial charge in [0.2, 0.25) is 5.91 Å². The van der Waals surface area contributed by atoms with Gasteiger partial charge in [0.1, 0.15) is 6.54 Å². The summed E-state index contributed by atoms with van der Waals surface area (Å²) in [6.45, 7) is 2.91. The molecule has 0 aliphatic heterocycles. The van der Waals surface area contributed by atoms with Crippen molar-refractivity contribution < 1.29 is 4.79 Å². The maximum Gasteiger partial charge on any atom is 0.243 e. The van der Waals surface area contributed by atoms with Crippen molar-refractivity contribution in [3.05, 3.63) is 70.7 Å². The fourth-order valence-corrected chi connectivity index (χ4v) is 3.64. The second-order valence-corrected chi connectivity index (χ2v) is 8.25. The van der Waals surface area contributed by atoms with Crippen molar-refractivity contribution in [3.8, 4) is 0 Å². The van der Waals surface area contributed by atoms with Crippen LogP contribution in [-0.4, -0.2) is 44.0 Å². The number of benzene rings is 2. The smallest absolute Gasteiger partial charge is 0.243 e. The molecule has 0 saturated heterocycles. The first-order valence-electron chi connectivity index (χ1n) is 9.96. The molecule has 5 nitrogen and oxygen atoms in total.